The number of fused-ring (bicyclic) bond motifs is 6. The molecule has 6 aromatic rings. The fourth-order valence-electron chi connectivity index (χ4n) is 4.74. The first-order chi connectivity index (χ1) is 14.8. The van der Waals surface area contributed by atoms with E-state index < -0.39 is 0 Å². The van der Waals surface area contributed by atoms with E-state index in [-0.39, 0.29) is 0 Å². The van der Waals surface area contributed by atoms with Gasteiger partial charge in [-0.3, -0.25) is 0 Å². The summed E-state index contributed by atoms with van der Waals surface area (Å²) >= 11 is 0. The Morgan fingerprint density at radius 2 is 1.43 bits per heavy atom. The third-order valence-electron chi connectivity index (χ3n) is 6.08. The van der Waals surface area contributed by atoms with Crippen LogP contribution < -0.4 is 0 Å². The second-order valence-corrected chi connectivity index (χ2v) is 7.63. The Labute approximate surface area is 174 Å². The molecule has 0 aliphatic heterocycles. The predicted octanol–water partition coefficient (Wildman–Crippen LogP) is 7.70. The number of aromatic amines is 1. The third-order valence-corrected chi connectivity index (χ3v) is 6.08. The minimum Gasteiger partial charge on any atom is -0.354 e. The topological polar surface area (TPSA) is 20.7 Å². The van der Waals surface area contributed by atoms with Crippen molar-refractivity contribution in [1.29, 1.82) is 0 Å². The number of hydrogen-bond acceptors (Lipinski definition) is 0. The zero-order chi connectivity index (χ0) is 20.2. The number of H-pyrrole nitrogens is 1. The van der Waals surface area contributed by atoms with Gasteiger partial charge in [0.1, 0.15) is 0 Å². The summed E-state index contributed by atoms with van der Waals surface area (Å²) in [6, 6.07) is 28.0. The Kier molecular flexibility index (Phi) is 3.50. The zero-order valence-corrected chi connectivity index (χ0v) is 16.5. The molecule has 0 saturated carbocycles. The first-order valence-electron chi connectivity index (χ1n) is 10.1. The van der Waals surface area contributed by atoms with E-state index in [2.05, 4.69) is 102 Å². The summed E-state index contributed by atoms with van der Waals surface area (Å²) in [5, 5.41) is 4.97. The highest BCUT2D eigenvalue weighted by molar-refractivity contribution is 6.18. The molecule has 0 atom stereocenters. The van der Waals surface area contributed by atoms with Crippen molar-refractivity contribution in [1.82, 2.24) is 9.55 Å². The molecule has 4 aromatic carbocycles. The van der Waals surface area contributed by atoms with E-state index in [4.69, 9.17) is 0 Å². The van der Waals surface area contributed by atoms with Crippen molar-refractivity contribution in [2.75, 3.05) is 0 Å². The molecule has 0 unspecified atom stereocenters. The molecular weight excluding hydrogens is 364 g/mol. The van der Waals surface area contributed by atoms with Crippen molar-refractivity contribution in [3.05, 3.63) is 103 Å². The fourth-order valence-corrected chi connectivity index (χ4v) is 4.74. The summed E-state index contributed by atoms with van der Waals surface area (Å²) < 4.78 is 2.36. The summed E-state index contributed by atoms with van der Waals surface area (Å²) in [6.45, 7) is 8.08. The summed E-state index contributed by atoms with van der Waals surface area (Å²) in [5.41, 5.74) is 8.00. The molecule has 0 radical (unpaired) electrons. The highest BCUT2D eigenvalue weighted by atomic mass is 15.0. The molecule has 2 nitrogen and oxygen atoms in total. The van der Waals surface area contributed by atoms with Gasteiger partial charge in [0.25, 0.3) is 0 Å². The van der Waals surface area contributed by atoms with Crippen molar-refractivity contribution in [3.8, 4) is 5.69 Å². The maximum absolute atomic E-state index is 4.09. The lowest BCUT2D eigenvalue weighted by Gasteiger charge is -2.13. The Balaban J connectivity index is 1.84. The first kappa shape index (κ1) is 16.9. The van der Waals surface area contributed by atoms with Gasteiger partial charge in [-0.25, -0.2) is 0 Å². The average Bonchev–Trinajstić information content (AvgIpc) is 3.32. The van der Waals surface area contributed by atoms with Gasteiger partial charge < -0.3 is 9.55 Å². The average molecular weight is 384 g/mol. The van der Waals surface area contributed by atoms with Gasteiger partial charge in [0.05, 0.1) is 16.7 Å². The summed E-state index contributed by atoms with van der Waals surface area (Å²) in [7, 11) is 0. The highest BCUT2D eigenvalue weighted by Gasteiger charge is 2.16. The Hall–Kier alpha value is -4.04. The quantitative estimate of drug-likeness (QED) is 0.323. The van der Waals surface area contributed by atoms with Crippen molar-refractivity contribution >= 4 is 55.8 Å². The van der Waals surface area contributed by atoms with Gasteiger partial charge in [-0.2, -0.15) is 0 Å². The second-order valence-electron chi connectivity index (χ2n) is 7.63. The molecule has 0 fully saturated rings. The fraction of sp³-hybridized carbons (Fsp3) is 0. The molecule has 0 aliphatic carbocycles. The van der Waals surface area contributed by atoms with Crippen molar-refractivity contribution in [2.24, 2.45) is 0 Å². The molecule has 2 aromatic heterocycles. The smallest absolute Gasteiger partial charge is 0.0549 e. The SMILES string of the molecule is C=Cc1cccc(-n2c3ccccc3c3cc4[nH]c5ccccc5c4cc32)c1C=C. The van der Waals surface area contributed by atoms with Crippen molar-refractivity contribution < 1.29 is 0 Å². The summed E-state index contributed by atoms with van der Waals surface area (Å²) in [6.07, 6.45) is 3.82. The molecule has 0 bridgehead atoms. The minimum absolute atomic E-state index is 1.08. The van der Waals surface area contributed by atoms with Crippen LogP contribution in [0.15, 0.2) is 92.0 Å². The number of benzene rings is 4. The van der Waals surface area contributed by atoms with E-state index in [9.17, 15) is 0 Å². The monoisotopic (exact) mass is 384 g/mol. The molecule has 0 amide bonds. The van der Waals surface area contributed by atoms with Crippen molar-refractivity contribution in [3.63, 3.8) is 0 Å². The maximum atomic E-state index is 4.09. The molecule has 0 saturated heterocycles. The Morgan fingerprint density at radius 3 is 2.27 bits per heavy atom. The van der Waals surface area contributed by atoms with Gasteiger partial charge in [-0.1, -0.05) is 73.8 Å². The number of nitrogens with one attached hydrogen (secondary N) is 1. The van der Waals surface area contributed by atoms with Gasteiger partial charge >= 0.3 is 0 Å². The lowest BCUT2D eigenvalue weighted by molar-refractivity contribution is 1.17. The molecule has 0 spiro atoms. The van der Waals surface area contributed by atoms with Crippen LogP contribution in [0.5, 0.6) is 0 Å². The van der Waals surface area contributed by atoms with E-state index in [1.54, 1.807) is 0 Å². The predicted molar refractivity (Wildman–Crippen MR) is 130 cm³/mol. The van der Waals surface area contributed by atoms with Gasteiger partial charge in [0.2, 0.25) is 0 Å². The van der Waals surface area contributed by atoms with Gasteiger partial charge in [-0.15, -0.1) is 0 Å². The number of aromatic nitrogens is 2. The molecule has 6 rings (SSSR count). The van der Waals surface area contributed by atoms with Crippen LogP contribution in [0.4, 0.5) is 0 Å². The van der Waals surface area contributed by atoms with E-state index in [1.165, 1.54) is 32.6 Å². The number of para-hydroxylation sites is 2. The van der Waals surface area contributed by atoms with Crippen LogP contribution >= 0.6 is 0 Å². The van der Waals surface area contributed by atoms with Gasteiger partial charge in [-0.05, 0) is 35.9 Å². The van der Waals surface area contributed by atoms with Crippen molar-refractivity contribution in [2.45, 2.75) is 0 Å². The Bertz CT molecular complexity index is 1630. The molecule has 0 aliphatic rings. The Morgan fingerprint density at radius 1 is 0.633 bits per heavy atom. The second kappa shape index (κ2) is 6.23. The zero-order valence-electron chi connectivity index (χ0n) is 16.5. The number of hydrogen-bond donors (Lipinski definition) is 1. The van der Waals surface area contributed by atoms with Crippen LogP contribution in [0, 0.1) is 0 Å². The van der Waals surface area contributed by atoms with Crippen LogP contribution in [-0.2, 0) is 0 Å². The standard InChI is InChI=1S/C28H20N2/c1-3-18-10-9-15-26(19(18)4-2)30-27-14-8-6-12-21(27)23-16-25-22(17-28(23)30)20-11-5-7-13-24(20)29-25/h3-17,29H,1-2H2. The molecule has 1 N–H and O–H groups in total. The number of nitrogens with zero attached hydrogens (tertiary/aromatic N) is 1. The third kappa shape index (κ3) is 2.19. The van der Waals surface area contributed by atoms with E-state index in [0.29, 0.717) is 0 Å². The first-order valence-corrected chi connectivity index (χ1v) is 10.1. The van der Waals surface area contributed by atoms with E-state index in [1.807, 2.05) is 12.2 Å². The van der Waals surface area contributed by atoms with Crippen LogP contribution in [-0.4, -0.2) is 9.55 Å². The lowest BCUT2D eigenvalue weighted by Crippen LogP contribution is -1.98. The van der Waals surface area contributed by atoms with Gasteiger partial charge in [0, 0.05) is 38.1 Å². The summed E-state index contributed by atoms with van der Waals surface area (Å²) in [5.74, 6) is 0. The normalized spacial score (nSPS) is 11.6. The molecular formula is C28H20N2. The number of rotatable bonds is 3. The minimum atomic E-state index is 1.08. The lowest BCUT2D eigenvalue weighted by atomic mass is 10.0. The molecule has 2 heterocycles. The molecule has 2 heteroatoms. The molecule has 142 valence electrons. The van der Waals surface area contributed by atoms with E-state index >= 15 is 0 Å². The maximum Gasteiger partial charge on any atom is 0.0549 e. The van der Waals surface area contributed by atoms with Gasteiger partial charge in [0.15, 0.2) is 0 Å². The van der Waals surface area contributed by atoms with Crippen LogP contribution in [0.25, 0.3) is 61.5 Å². The molecule has 30 heavy (non-hydrogen) atoms. The highest BCUT2D eigenvalue weighted by Crippen LogP contribution is 2.38. The van der Waals surface area contributed by atoms with E-state index in [0.717, 1.165) is 27.8 Å². The van der Waals surface area contributed by atoms with Crippen LogP contribution in [0.1, 0.15) is 11.1 Å². The van der Waals surface area contributed by atoms with Crippen LogP contribution in [0.3, 0.4) is 0 Å². The summed E-state index contributed by atoms with van der Waals surface area (Å²) in [4.78, 5) is 3.59. The van der Waals surface area contributed by atoms with Crippen LogP contribution in [0.2, 0.25) is 0 Å². The largest absolute Gasteiger partial charge is 0.354 e.